The smallest absolute Gasteiger partial charge is 0.173 e. The van der Waals surface area contributed by atoms with Crippen molar-refractivity contribution >= 4 is 27.2 Å². The molecule has 0 bridgehead atoms. The van der Waals surface area contributed by atoms with Crippen LogP contribution in [0.25, 0.3) is 21.4 Å². The molecule has 4 heteroatoms. The summed E-state index contributed by atoms with van der Waals surface area (Å²) in [5.41, 5.74) is 8.06. The summed E-state index contributed by atoms with van der Waals surface area (Å²) in [4.78, 5) is 0. The Morgan fingerprint density at radius 3 is 2.89 bits per heavy atom. The molecule has 0 amide bonds. The minimum Gasteiger partial charge on any atom is -0.381 e. The molecule has 2 heterocycles. The lowest BCUT2D eigenvalue weighted by Crippen LogP contribution is -1.98. The van der Waals surface area contributed by atoms with Crippen molar-refractivity contribution in [2.75, 3.05) is 5.73 Å². The summed E-state index contributed by atoms with van der Waals surface area (Å²) in [6, 6.07) is 8.32. The van der Waals surface area contributed by atoms with Crippen molar-refractivity contribution in [2.45, 2.75) is 20.3 Å². The molecule has 3 nitrogen and oxygen atoms in total. The van der Waals surface area contributed by atoms with Gasteiger partial charge in [0, 0.05) is 26.6 Å². The number of fused-ring (bicyclic) bond motifs is 1. The number of rotatable bonds is 3. The molecule has 19 heavy (non-hydrogen) atoms. The Hall–Kier alpha value is -1.81. The molecule has 1 aromatic carbocycles. The van der Waals surface area contributed by atoms with Crippen LogP contribution >= 0.6 is 11.3 Å². The maximum Gasteiger partial charge on any atom is 0.173 e. The standard InChI is InChI=1S/C15H16N2OS/c1-9(2)7-11-14(18-17-15(11)16)12-8-19-13-6-4-3-5-10(12)13/h3-6,8-9H,7H2,1-2H3,(H2,16,17). The normalized spacial score (nSPS) is 11.5. The van der Waals surface area contributed by atoms with E-state index in [1.165, 1.54) is 10.1 Å². The highest BCUT2D eigenvalue weighted by Crippen LogP contribution is 2.37. The van der Waals surface area contributed by atoms with Crippen LogP contribution in [0.5, 0.6) is 0 Å². The Balaban J connectivity index is 2.16. The summed E-state index contributed by atoms with van der Waals surface area (Å²) in [6.45, 7) is 4.34. The van der Waals surface area contributed by atoms with E-state index in [-0.39, 0.29) is 0 Å². The molecule has 0 atom stereocenters. The van der Waals surface area contributed by atoms with E-state index in [4.69, 9.17) is 10.3 Å². The fourth-order valence-corrected chi connectivity index (χ4v) is 3.23. The van der Waals surface area contributed by atoms with Gasteiger partial charge in [-0.3, -0.25) is 0 Å². The predicted molar refractivity (Wildman–Crippen MR) is 80.3 cm³/mol. The van der Waals surface area contributed by atoms with Crippen molar-refractivity contribution in [3.8, 4) is 11.3 Å². The average Bonchev–Trinajstić information content (AvgIpc) is 2.94. The van der Waals surface area contributed by atoms with Crippen molar-refractivity contribution in [3.05, 3.63) is 35.2 Å². The molecule has 0 radical (unpaired) electrons. The van der Waals surface area contributed by atoms with Gasteiger partial charge in [0.25, 0.3) is 0 Å². The molecule has 0 spiro atoms. The Morgan fingerprint density at radius 2 is 2.11 bits per heavy atom. The quantitative estimate of drug-likeness (QED) is 0.771. The van der Waals surface area contributed by atoms with Gasteiger partial charge in [0.15, 0.2) is 11.6 Å². The van der Waals surface area contributed by atoms with Crippen LogP contribution in [0.2, 0.25) is 0 Å². The molecule has 3 rings (SSSR count). The van der Waals surface area contributed by atoms with E-state index < -0.39 is 0 Å². The summed E-state index contributed by atoms with van der Waals surface area (Å²) >= 11 is 1.72. The number of nitrogens with two attached hydrogens (primary N) is 1. The molecule has 3 aromatic rings. The van der Waals surface area contributed by atoms with Gasteiger partial charge < -0.3 is 10.3 Å². The molecule has 0 saturated carbocycles. The van der Waals surface area contributed by atoms with Gasteiger partial charge in [0.1, 0.15) is 0 Å². The van der Waals surface area contributed by atoms with E-state index >= 15 is 0 Å². The minimum absolute atomic E-state index is 0.513. The van der Waals surface area contributed by atoms with Gasteiger partial charge in [0.05, 0.1) is 0 Å². The van der Waals surface area contributed by atoms with Crippen LogP contribution in [0.1, 0.15) is 19.4 Å². The van der Waals surface area contributed by atoms with Gasteiger partial charge in [-0.15, -0.1) is 11.3 Å². The lowest BCUT2D eigenvalue weighted by atomic mass is 9.99. The predicted octanol–water partition coefficient (Wildman–Crippen LogP) is 4.34. The molecule has 0 saturated heterocycles. The lowest BCUT2D eigenvalue weighted by molar-refractivity contribution is 0.435. The number of aromatic nitrogens is 1. The molecule has 98 valence electrons. The number of hydrogen-bond donors (Lipinski definition) is 1. The molecule has 0 fully saturated rings. The van der Waals surface area contributed by atoms with Crippen LogP contribution in [0.15, 0.2) is 34.2 Å². The van der Waals surface area contributed by atoms with Crippen LogP contribution < -0.4 is 5.73 Å². The summed E-state index contributed by atoms with van der Waals surface area (Å²) in [5.74, 6) is 1.85. The Bertz CT molecular complexity index is 712. The second-order valence-corrected chi connectivity index (χ2v) is 6.03. The molecule has 0 aliphatic carbocycles. The third kappa shape index (κ3) is 2.12. The number of anilines is 1. The third-order valence-corrected chi connectivity index (χ3v) is 4.12. The van der Waals surface area contributed by atoms with Crippen LogP contribution in [0, 0.1) is 5.92 Å². The van der Waals surface area contributed by atoms with Crippen molar-refractivity contribution in [1.82, 2.24) is 5.16 Å². The van der Waals surface area contributed by atoms with Crippen molar-refractivity contribution in [3.63, 3.8) is 0 Å². The van der Waals surface area contributed by atoms with E-state index in [1.54, 1.807) is 11.3 Å². The molecule has 0 aliphatic heterocycles. The minimum atomic E-state index is 0.513. The zero-order valence-corrected chi connectivity index (χ0v) is 11.8. The first-order chi connectivity index (χ1) is 9.16. The van der Waals surface area contributed by atoms with E-state index in [1.807, 2.05) is 12.1 Å². The van der Waals surface area contributed by atoms with Gasteiger partial charge >= 0.3 is 0 Å². The number of benzene rings is 1. The molecule has 0 aliphatic rings. The highest BCUT2D eigenvalue weighted by atomic mass is 32.1. The van der Waals surface area contributed by atoms with Crippen molar-refractivity contribution in [1.29, 1.82) is 0 Å². The Morgan fingerprint density at radius 1 is 1.32 bits per heavy atom. The summed E-state index contributed by atoms with van der Waals surface area (Å²) in [6.07, 6.45) is 0.884. The number of thiophene rings is 1. The fourth-order valence-electron chi connectivity index (χ4n) is 2.29. The van der Waals surface area contributed by atoms with Gasteiger partial charge in [-0.2, -0.15) is 0 Å². The van der Waals surface area contributed by atoms with E-state index in [0.29, 0.717) is 11.7 Å². The maximum absolute atomic E-state index is 5.94. The van der Waals surface area contributed by atoms with Crippen LogP contribution in [0.3, 0.4) is 0 Å². The second kappa shape index (κ2) is 4.70. The monoisotopic (exact) mass is 272 g/mol. The molecule has 2 aromatic heterocycles. The highest BCUT2D eigenvalue weighted by Gasteiger charge is 2.19. The van der Waals surface area contributed by atoms with Crippen LogP contribution in [0.4, 0.5) is 5.82 Å². The molecule has 2 N–H and O–H groups in total. The number of nitrogen functional groups attached to an aromatic ring is 1. The van der Waals surface area contributed by atoms with Crippen molar-refractivity contribution < 1.29 is 4.52 Å². The van der Waals surface area contributed by atoms with Gasteiger partial charge in [-0.05, 0) is 18.4 Å². The SMILES string of the molecule is CC(C)Cc1c(N)noc1-c1csc2ccccc12. The van der Waals surface area contributed by atoms with E-state index in [9.17, 15) is 0 Å². The van der Waals surface area contributed by atoms with Gasteiger partial charge in [0.2, 0.25) is 0 Å². The highest BCUT2D eigenvalue weighted by molar-refractivity contribution is 7.17. The first-order valence-corrected chi connectivity index (χ1v) is 7.25. The van der Waals surface area contributed by atoms with Crippen LogP contribution in [-0.4, -0.2) is 5.16 Å². The topological polar surface area (TPSA) is 52.0 Å². The lowest BCUT2D eigenvalue weighted by Gasteiger charge is -2.04. The Kier molecular flexibility index (Phi) is 3.03. The van der Waals surface area contributed by atoms with Gasteiger partial charge in [-0.1, -0.05) is 37.2 Å². The fraction of sp³-hybridized carbons (Fsp3) is 0.267. The summed E-state index contributed by atoms with van der Waals surface area (Å²) in [5, 5.41) is 7.26. The second-order valence-electron chi connectivity index (χ2n) is 5.12. The third-order valence-electron chi connectivity index (χ3n) is 3.16. The first-order valence-electron chi connectivity index (χ1n) is 6.37. The Labute approximate surface area is 116 Å². The van der Waals surface area contributed by atoms with Gasteiger partial charge in [-0.25, -0.2) is 0 Å². The maximum atomic E-state index is 5.94. The molecule has 0 unspecified atom stereocenters. The molecular formula is C15H16N2OS. The average molecular weight is 272 g/mol. The number of hydrogen-bond acceptors (Lipinski definition) is 4. The van der Waals surface area contributed by atoms with E-state index in [0.717, 1.165) is 23.3 Å². The first kappa shape index (κ1) is 12.2. The summed E-state index contributed by atoms with van der Waals surface area (Å²) in [7, 11) is 0. The zero-order chi connectivity index (χ0) is 13.4. The van der Waals surface area contributed by atoms with E-state index in [2.05, 4.69) is 36.5 Å². The molecular weight excluding hydrogens is 256 g/mol. The van der Waals surface area contributed by atoms with Crippen molar-refractivity contribution in [2.24, 2.45) is 5.92 Å². The van der Waals surface area contributed by atoms with Crippen LogP contribution in [-0.2, 0) is 6.42 Å². The zero-order valence-electron chi connectivity index (χ0n) is 11.0. The number of nitrogens with zero attached hydrogens (tertiary/aromatic N) is 1. The largest absolute Gasteiger partial charge is 0.381 e. The summed E-state index contributed by atoms with van der Waals surface area (Å²) < 4.78 is 6.73.